The van der Waals surface area contributed by atoms with Gasteiger partial charge in [-0.25, -0.2) is 24.1 Å². The summed E-state index contributed by atoms with van der Waals surface area (Å²) in [7, 11) is 2.56. The minimum Gasteiger partial charge on any atom is -0.494 e. The summed E-state index contributed by atoms with van der Waals surface area (Å²) in [5.41, 5.74) is 2.06. The molecule has 0 atom stereocenters. The van der Waals surface area contributed by atoms with Gasteiger partial charge in [0.1, 0.15) is 18.1 Å². The molecule has 1 aromatic carbocycles. The van der Waals surface area contributed by atoms with Gasteiger partial charge in [0.05, 0.1) is 38.4 Å². The smallest absolute Gasteiger partial charge is 0.412 e. The maximum absolute atomic E-state index is 13.8. The van der Waals surface area contributed by atoms with E-state index < -0.39 is 17.8 Å². The van der Waals surface area contributed by atoms with Gasteiger partial charge in [0.15, 0.2) is 17.2 Å². The molecule has 0 spiro atoms. The van der Waals surface area contributed by atoms with Crippen LogP contribution in [0.25, 0.3) is 16.9 Å². The number of ether oxygens (including phenoxy) is 2. The van der Waals surface area contributed by atoms with E-state index in [1.165, 1.54) is 49.8 Å². The predicted molar refractivity (Wildman–Crippen MR) is 122 cm³/mol. The molecule has 0 radical (unpaired) electrons. The first kappa shape index (κ1) is 23.1. The first-order valence-corrected chi connectivity index (χ1v) is 10.1. The Labute approximate surface area is 198 Å². The molecule has 0 saturated carbocycles. The quantitative estimate of drug-likeness (QED) is 0.420. The summed E-state index contributed by atoms with van der Waals surface area (Å²) in [5, 5.41) is 11.7. The zero-order valence-corrected chi connectivity index (χ0v) is 18.6. The van der Waals surface area contributed by atoms with Crippen LogP contribution in [-0.2, 0) is 4.74 Å². The highest BCUT2D eigenvalue weighted by atomic mass is 19.1. The van der Waals surface area contributed by atoms with Gasteiger partial charge >= 0.3 is 6.09 Å². The molecule has 0 saturated heterocycles. The number of nitriles is 1. The van der Waals surface area contributed by atoms with Crippen LogP contribution in [0.1, 0.15) is 10.5 Å². The molecule has 1 N–H and O–H groups in total. The second-order valence-electron chi connectivity index (χ2n) is 7.06. The maximum Gasteiger partial charge on any atom is 0.412 e. The second kappa shape index (κ2) is 9.84. The number of carbonyl (C=O) groups is 2. The highest BCUT2D eigenvalue weighted by Crippen LogP contribution is 2.26. The number of nitrogens with zero attached hydrogens (tertiary/aromatic N) is 6. The average molecular weight is 475 g/mol. The van der Waals surface area contributed by atoms with E-state index in [1.54, 1.807) is 22.7 Å². The monoisotopic (exact) mass is 475 g/mol. The summed E-state index contributed by atoms with van der Waals surface area (Å²) in [6, 6.07) is 9.12. The van der Waals surface area contributed by atoms with Gasteiger partial charge in [-0.3, -0.25) is 19.4 Å². The summed E-state index contributed by atoms with van der Waals surface area (Å²) >= 11 is 0. The van der Waals surface area contributed by atoms with Crippen LogP contribution in [0.4, 0.5) is 20.7 Å². The van der Waals surface area contributed by atoms with Crippen molar-refractivity contribution in [3.05, 3.63) is 66.6 Å². The van der Waals surface area contributed by atoms with Gasteiger partial charge in [0, 0.05) is 29.7 Å². The van der Waals surface area contributed by atoms with Gasteiger partial charge < -0.3 is 9.47 Å². The van der Waals surface area contributed by atoms with E-state index in [4.69, 9.17) is 4.74 Å². The first-order chi connectivity index (χ1) is 16.9. The third-order valence-corrected chi connectivity index (χ3v) is 5.01. The number of rotatable bonds is 6. The maximum atomic E-state index is 13.8. The number of imidazole rings is 1. The SMILES string of the molecule is COC(=O)Nc1ccc(-c2cnc3cnc(C(=O)N(CC#N)c4ccc(F)c(OC)c4)cn23)cn1. The molecule has 3 heterocycles. The van der Waals surface area contributed by atoms with Gasteiger partial charge in [0.25, 0.3) is 5.91 Å². The highest BCUT2D eigenvalue weighted by Gasteiger charge is 2.21. The Morgan fingerprint density at radius 3 is 2.66 bits per heavy atom. The lowest BCUT2D eigenvalue weighted by Crippen LogP contribution is -2.32. The average Bonchev–Trinajstić information content (AvgIpc) is 3.31. The number of aromatic nitrogens is 4. The van der Waals surface area contributed by atoms with Crippen LogP contribution in [0.5, 0.6) is 5.75 Å². The topological polar surface area (TPSA) is 135 Å². The number of anilines is 2. The molecule has 35 heavy (non-hydrogen) atoms. The molecule has 12 heteroatoms. The standard InChI is InChI=1S/C23H18FN7O4/c1-34-19-9-15(4-5-16(19)24)30(8-7-25)22(32)17-13-31-18(11-28-21(31)12-26-17)14-3-6-20(27-10-14)29-23(33)35-2/h3-6,9-13H,8H2,1-2H3,(H,27,29,33). The minimum absolute atomic E-state index is 0.0345. The van der Waals surface area contributed by atoms with Crippen LogP contribution in [0.3, 0.4) is 0 Å². The van der Waals surface area contributed by atoms with E-state index in [0.717, 1.165) is 6.07 Å². The van der Waals surface area contributed by atoms with Crippen molar-refractivity contribution in [2.24, 2.45) is 0 Å². The van der Waals surface area contributed by atoms with Crippen LogP contribution >= 0.6 is 0 Å². The van der Waals surface area contributed by atoms with E-state index >= 15 is 0 Å². The molecule has 0 aliphatic rings. The molecule has 4 aromatic rings. The molecule has 0 unspecified atom stereocenters. The predicted octanol–water partition coefficient (Wildman–Crippen LogP) is 3.29. The van der Waals surface area contributed by atoms with E-state index in [2.05, 4.69) is 25.0 Å². The van der Waals surface area contributed by atoms with E-state index in [1.807, 2.05) is 6.07 Å². The fourth-order valence-electron chi connectivity index (χ4n) is 3.29. The molecule has 0 fully saturated rings. The van der Waals surface area contributed by atoms with E-state index in [0.29, 0.717) is 22.7 Å². The lowest BCUT2D eigenvalue weighted by Gasteiger charge is -2.20. The van der Waals surface area contributed by atoms with Crippen molar-refractivity contribution < 1.29 is 23.5 Å². The molecule has 0 aliphatic heterocycles. The van der Waals surface area contributed by atoms with Crippen molar-refractivity contribution in [1.29, 1.82) is 5.26 Å². The Morgan fingerprint density at radius 1 is 1.14 bits per heavy atom. The molecule has 176 valence electrons. The number of hydrogen-bond donors (Lipinski definition) is 1. The third kappa shape index (κ3) is 4.69. The third-order valence-electron chi connectivity index (χ3n) is 5.01. The molecule has 3 aromatic heterocycles. The number of halogens is 1. The number of fused-ring (bicyclic) bond motifs is 1. The van der Waals surface area contributed by atoms with Gasteiger partial charge in [-0.2, -0.15) is 5.26 Å². The fourth-order valence-corrected chi connectivity index (χ4v) is 3.29. The number of carbonyl (C=O) groups excluding carboxylic acids is 2. The molecule has 4 rings (SSSR count). The first-order valence-electron chi connectivity index (χ1n) is 10.1. The molecule has 2 amide bonds. The Bertz CT molecular complexity index is 1450. The molecule has 0 aliphatic carbocycles. The van der Waals surface area contributed by atoms with E-state index in [-0.39, 0.29) is 23.7 Å². The lowest BCUT2D eigenvalue weighted by molar-refractivity contribution is 0.0984. The van der Waals surface area contributed by atoms with Gasteiger partial charge in [-0.1, -0.05) is 0 Å². The fraction of sp³-hybridized carbons (Fsp3) is 0.130. The Balaban J connectivity index is 1.68. The molecular formula is C23H18FN7O4. The molecular weight excluding hydrogens is 457 g/mol. The number of amides is 2. The summed E-state index contributed by atoms with van der Waals surface area (Å²) in [6.45, 7) is -0.289. The normalized spacial score (nSPS) is 10.5. The number of methoxy groups -OCH3 is 2. The van der Waals surface area contributed by atoms with Gasteiger partial charge in [-0.15, -0.1) is 0 Å². The van der Waals surface area contributed by atoms with Crippen molar-refractivity contribution in [2.75, 3.05) is 31.0 Å². The summed E-state index contributed by atoms with van der Waals surface area (Å²) in [6.07, 6.45) is 5.39. The number of pyridine rings is 1. The van der Waals surface area contributed by atoms with Gasteiger partial charge in [-0.05, 0) is 24.3 Å². The number of nitrogens with one attached hydrogen (secondary N) is 1. The lowest BCUT2D eigenvalue weighted by atomic mass is 10.2. The number of hydrogen-bond acceptors (Lipinski definition) is 8. The zero-order chi connectivity index (χ0) is 24.9. The van der Waals surface area contributed by atoms with Crippen molar-refractivity contribution in [3.63, 3.8) is 0 Å². The van der Waals surface area contributed by atoms with Crippen LogP contribution in [-0.4, -0.2) is 52.1 Å². The Hall–Kier alpha value is -5.05. The summed E-state index contributed by atoms with van der Waals surface area (Å²) in [4.78, 5) is 38.5. The van der Waals surface area contributed by atoms with Crippen LogP contribution in [0, 0.1) is 17.1 Å². The van der Waals surface area contributed by atoms with Crippen LogP contribution < -0.4 is 15.0 Å². The molecule has 11 nitrogen and oxygen atoms in total. The van der Waals surface area contributed by atoms with Crippen molar-refractivity contribution in [1.82, 2.24) is 19.4 Å². The minimum atomic E-state index is -0.644. The molecule has 0 bridgehead atoms. The Morgan fingerprint density at radius 2 is 1.97 bits per heavy atom. The second-order valence-corrected chi connectivity index (χ2v) is 7.06. The Kier molecular flexibility index (Phi) is 6.50. The van der Waals surface area contributed by atoms with Crippen molar-refractivity contribution in [2.45, 2.75) is 0 Å². The van der Waals surface area contributed by atoms with Crippen LogP contribution in [0.2, 0.25) is 0 Å². The van der Waals surface area contributed by atoms with Crippen LogP contribution in [0.15, 0.2) is 55.1 Å². The summed E-state index contributed by atoms with van der Waals surface area (Å²) in [5.74, 6) is -0.924. The highest BCUT2D eigenvalue weighted by molar-refractivity contribution is 6.05. The number of benzene rings is 1. The van der Waals surface area contributed by atoms with Crippen molar-refractivity contribution >= 4 is 29.2 Å². The summed E-state index contributed by atoms with van der Waals surface area (Å²) < 4.78 is 25.0. The van der Waals surface area contributed by atoms with E-state index in [9.17, 15) is 19.2 Å². The largest absolute Gasteiger partial charge is 0.494 e. The zero-order valence-electron chi connectivity index (χ0n) is 18.6. The van der Waals surface area contributed by atoms with Gasteiger partial charge in [0.2, 0.25) is 0 Å². The van der Waals surface area contributed by atoms with Crippen molar-refractivity contribution in [3.8, 4) is 23.1 Å².